The first-order valence-electron chi connectivity index (χ1n) is 8.45. The summed E-state index contributed by atoms with van der Waals surface area (Å²) < 4.78 is 5.21. The first kappa shape index (κ1) is 18.1. The molecule has 0 heterocycles. The summed E-state index contributed by atoms with van der Waals surface area (Å²) in [6, 6.07) is 4.94. The first-order chi connectivity index (χ1) is 11.5. The van der Waals surface area contributed by atoms with Crippen LogP contribution in [0.5, 0.6) is 0 Å². The van der Waals surface area contributed by atoms with Crippen molar-refractivity contribution in [3.8, 4) is 0 Å². The lowest BCUT2D eigenvalue weighted by Crippen LogP contribution is -2.73. The van der Waals surface area contributed by atoms with Gasteiger partial charge in [-0.3, -0.25) is 0 Å². The van der Waals surface area contributed by atoms with E-state index in [0.717, 1.165) is 24.8 Å². The number of aliphatic carboxylic acids is 1. The second kappa shape index (κ2) is 5.63. The highest BCUT2D eigenvalue weighted by molar-refractivity contribution is 6.30. The highest BCUT2D eigenvalue weighted by Gasteiger charge is 2.72. The number of ether oxygens (including phenoxy) is 1. The highest BCUT2D eigenvalue weighted by Crippen LogP contribution is 2.75. The van der Waals surface area contributed by atoms with Crippen LogP contribution in [0.25, 0.3) is 0 Å². The molecule has 1 aromatic rings. The maximum absolute atomic E-state index is 12.0. The van der Waals surface area contributed by atoms with Gasteiger partial charge in [-0.1, -0.05) is 17.7 Å². The molecule has 3 fully saturated rings. The van der Waals surface area contributed by atoms with Crippen LogP contribution in [-0.2, 0) is 14.9 Å². The molecule has 3 aliphatic carbocycles. The molecular formula is C19H24ClNO4. The summed E-state index contributed by atoms with van der Waals surface area (Å²) in [5.41, 5.74) is 1.36. The van der Waals surface area contributed by atoms with Crippen LogP contribution >= 0.6 is 11.6 Å². The fourth-order valence-electron chi connectivity index (χ4n) is 4.58. The number of carboxylic acids is 1. The molecule has 6 heteroatoms. The average molecular weight is 366 g/mol. The van der Waals surface area contributed by atoms with E-state index in [2.05, 4.69) is 5.32 Å². The van der Waals surface area contributed by atoms with Crippen LogP contribution in [0, 0.1) is 12.3 Å². The fraction of sp³-hybridized carbons (Fsp3) is 0.579. The Morgan fingerprint density at radius 3 is 2.36 bits per heavy atom. The molecular weight excluding hydrogens is 342 g/mol. The second-order valence-electron chi connectivity index (χ2n) is 8.55. The average Bonchev–Trinajstić information content (AvgIpc) is 2.34. The van der Waals surface area contributed by atoms with Crippen LogP contribution in [-0.4, -0.2) is 28.8 Å². The molecule has 1 unspecified atom stereocenters. The number of amides is 1. The van der Waals surface area contributed by atoms with Crippen molar-refractivity contribution in [2.24, 2.45) is 5.41 Å². The molecule has 4 rings (SSSR count). The standard InChI is InChI=1S/C19H24ClNO4/c1-11-7-12(20)5-6-13(11)18-8-19(9-18,10-18)14(15(22)23)21-16(24)25-17(2,3)4/h5-7,14H,8-10H2,1-4H3,(H,21,24)(H,22,23). The lowest BCUT2D eigenvalue weighted by Gasteiger charge is -2.72. The smallest absolute Gasteiger partial charge is 0.408 e. The third kappa shape index (κ3) is 3.10. The zero-order valence-corrected chi connectivity index (χ0v) is 15.7. The molecule has 5 nitrogen and oxygen atoms in total. The summed E-state index contributed by atoms with van der Waals surface area (Å²) in [6.07, 6.45) is 1.60. The Morgan fingerprint density at radius 1 is 1.28 bits per heavy atom. The van der Waals surface area contributed by atoms with Crippen molar-refractivity contribution >= 4 is 23.7 Å². The number of hydrogen-bond acceptors (Lipinski definition) is 3. The van der Waals surface area contributed by atoms with Gasteiger partial charge in [-0.15, -0.1) is 0 Å². The number of carbonyl (C=O) groups is 2. The van der Waals surface area contributed by atoms with E-state index in [1.165, 1.54) is 5.56 Å². The van der Waals surface area contributed by atoms with Gasteiger partial charge in [0.2, 0.25) is 0 Å². The minimum atomic E-state index is -1.01. The summed E-state index contributed by atoms with van der Waals surface area (Å²) in [6.45, 7) is 7.28. The molecule has 25 heavy (non-hydrogen) atoms. The Bertz CT molecular complexity index is 718. The van der Waals surface area contributed by atoms with Gasteiger partial charge in [0, 0.05) is 10.4 Å². The minimum absolute atomic E-state index is 0.0258. The van der Waals surface area contributed by atoms with Crippen molar-refractivity contribution in [2.45, 2.75) is 64.0 Å². The number of rotatable bonds is 4. The van der Waals surface area contributed by atoms with Gasteiger partial charge in [-0.2, -0.15) is 0 Å². The maximum atomic E-state index is 12.0. The SMILES string of the molecule is Cc1cc(Cl)ccc1C12CC(C(NC(=O)OC(C)(C)C)C(=O)O)(C1)C2. The number of hydrogen-bond donors (Lipinski definition) is 2. The minimum Gasteiger partial charge on any atom is -0.480 e. The van der Waals surface area contributed by atoms with Crippen LogP contribution in [0.4, 0.5) is 4.79 Å². The van der Waals surface area contributed by atoms with E-state index < -0.39 is 23.7 Å². The quantitative estimate of drug-likeness (QED) is 0.844. The van der Waals surface area contributed by atoms with Crippen LogP contribution in [0.1, 0.15) is 51.2 Å². The van der Waals surface area contributed by atoms with Crippen molar-refractivity contribution in [3.63, 3.8) is 0 Å². The molecule has 0 radical (unpaired) electrons. The van der Waals surface area contributed by atoms with Crippen LogP contribution in [0.15, 0.2) is 18.2 Å². The summed E-state index contributed by atoms with van der Waals surface area (Å²) in [5.74, 6) is -1.01. The molecule has 2 bridgehead atoms. The fourth-order valence-corrected chi connectivity index (χ4v) is 4.81. The van der Waals surface area contributed by atoms with Crippen molar-refractivity contribution in [1.82, 2.24) is 5.32 Å². The largest absolute Gasteiger partial charge is 0.480 e. The van der Waals surface area contributed by atoms with Gasteiger partial charge in [-0.25, -0.2) is 9.59 Å². The van der Waals surface area contributed by atoms with Crippen molar-refractivity contribution in [3.05, 3.63) is 34.3 Å². The summed E-state index contributed by atoms with van der Waals surface area (Å²) in [5, 5.41) is 12.9. The van der Waals surface area contributed by atoms with Gasteiger partial charge in [0.25, 0.3) is 0 Å². The van der Waals surface area contributed by atoms with E-state index in [-0.39, 0.29) is 10.8 Å². The molecule has 1 aromatic carbocycles. The van der Waals surface area contributed by atoms with Crippen molar-refractivity contribution in [2.75, 3.05) is 0 Å². The topological polar surface area (TPSA) is 75.6 Å². The van der Waals surface area contributed by atoms with Crippen LogP contribution in [0.3, 0.4) is 0 Å². The van der Waals surface area contributed by atoms with E-state index >= 15 is 0 Å². The molecule has 0 spiro atoms. The lowest BCUT2D eigenvalue weighted by atomic mass is 9.31. The van der Waals surface area contributed by atoms with Crippen LogP contribution in [0.2, 0.25) is 5.02 Å². The van der Waals surface area contributed by atoms with Crippen molar-refractivity contribution < 1.29 is 19.4 Å². The number of aryl methyl sites for hydroxylation is 1. The van der Waals surface area contributed by atoms with Gasteiger partial charge in [0.1, 0.15) is 11.6 Å². The molecule has 2 N–H and O–H groups in total. The van der Waals surface area contributed by atoms with Gasteiger partial charge < -0.3 is 15.2 Å². The molecule has 0 aromatic heterocycles. The predicted octanol–water partition coefficient (Wildman–Crippen LogP) is 4.05. The molecule has 3 aliphatic rings. The summed E-state index contributed by atoms with van der Waals surface area (Å²) in [4.78, 5) is 23.7. The van der Waals surface area contributed by atoms with Gasteiger partial charge >= 0.3 is 12.1 Å². The molecule has 136 valence electrons. The van der Waals surface area contributed by atoms with Gasteiger partial charge in [-0.05, 0) is 75.6 Å². The Balaban J connectivity index is 1.71. The van der Waals surface area contributed by atoms with Gasteiger partial charge in [0.05, 0.1) is 0 Å². The number of alkyl carbamates (subject to hydrolysis) is 1. The number of carboxylic acid groups (broad SMARTS) is 1. The normalized spacial score (nSPS) is 28.4. The molecule has 0 aliphatic heterocycles. The van der Waals surface area contributed by atoms with E-state index in [4.69, 9.17) is 16.3 Å². The zero-order valence-electron chi connectivity index (χ0n) is 15.0. The first-order valence-corrected chi connectivity index (χ1v) is 8.83. The Kier molecular flexibility index (Phi) is 4.06. The highest BCUT2D eigenvalue weighted by atomic mass is 35.5. The van der Waals surface area contributed by atoms with E-state index in [1.54, 1.807) is 20.8 Å². The molecule has 1 amide bonds. The van der Waals surface area contributed by atoms with Crippen LogP contribution < -0.4 is 5.32 Å². The predicted molar refractivity (Wildman–Crippen MR) is 94.9 cm³/mol. The van der Waals surface area contributed by atoms with Crippen molar-refractivity contribution in [1.29, 1.82) is 0 Å². The zero-order chi connectivity index (χ0) is 18.6. The third-order valence-electron chi connectivity index (χ3n) is 5.35. The Morgan fingerprint density at radius 2 is 1.88 bits per heavy atom. The Labute approximate surface area is 152 Å². The maximum Gasteiger partial charge on any atom is 0.408 e. The van der Waals surface area contributed by atoms with E-state index in [0.29, 0.717) is 5.02 Å². The Hall–Kier alpha value is -1.75. The molecule has 3 saturated carbocycles. The summed E-state index contributed by atoms with van der Waals surface area (Å²) in [7, 11) is 0. The number of carbonyl (C=O) groups excluding carboxylic acids is 1. The monoisotopic (exact) mass is 365 g/mol. The third-order valence-corrected chi connectivity index (χ3v) is 5.59. The number of nitrogens with one attached hydrogen (secondary N) is 1. The molecule has 1 atom stereocenters. The number of halogens is 1. The number of benzene rings is 1. The molecule has 0 saturated heterocycles. The second-order valence-corrected chi connectivity index (χ2v) is 8.99. The van der Waals surface area contributed by atoms with Gasteiger partial charge in [0.15, 0.2) is 0 Å². The van der Waals surface area contributed by atoms with E-state index in [1.807, 2.05) is 25.1 Å². The van der Waals surface area contributed by atoms with E-state index in [9.17, 15) is 14.7 Å². The summed E-state index contributed by atoms with van der Waals surface area (Å²) >= 11 is 6.03. The lowest BCUT2D eigenvalue weighted by molar-refractivity contribution is -0.183.